The third-order valence-electron chi connectivity index (χ3n) is 4.50. The molecule has 0 aromatic carbocycles. The van der Waals surface area contributed by atoms with Crippen LogP contribution in [0, 0.1) is 5.92 Å². The summed E-state index contributed by atoms with van der Waals surface area (Å²) >= 11 is 6.20. The van der Waals surface area contributed by atoms with Gasteiger partial charge >= 0.3 is 0 Å². The maximum Gasteiger partial charge on any atom is 0.133 e. The molecule has 4 nitrogen and oxygen atoms in total. The number of nitrogens with zero attached hydrogens (tertiary/aromatic N) is 4. The van der Waals surface area contributed by atoms with Crippen molar-refractivity contribution >= 4 is 11.6 Å². The van der Waals surface area contributed by atoms with Gasteiger partial charge in [-0.25, -0.2) is 9.97 Å². The van der Waals surface area contributed by atoms with Gasteiger partial charge in [-0.15, -0.1) is 0 Å². The highest BCUT2D eigenvalue weighted by Crippen LogP contribution is 2.36. The van der Waals surface area contributed by atoms with E-state index < -0.39 is 0 Å². The summed E-state index contributed by atoms with van der Waals surface area (Å²) in [5.41, 5.74) is 1.86. The van der Waals surface area contributed by atoms with Crippen LogP contribution in [0.3, 0.4) is 0 Å². The average molecular weight is 305 g/mol. The summed E-state index contributed by atoms with van der Waals surface area (Å²) in [6.45, 7) is 2.28. The number of aryl methyl sites for hydroxylation is 1. The van der Waals surface area contributed by atoms with Crippen molar-refractivity contribution in [2.24, 2.45) is 13.0 Å². The molecule has 0 spiro atoms. The molecular weight excluding hydrogens is 284 g/mol. The summed E-state index contributed by atoms with van der Waals surface area (Å²) in [5.74, 6) is 2.22. The molecule has 1 aliphatic rings. The molecule has 0 radical (unpaired) electrons. The highest BCUT2D eigenvalue weighted by atomic mass is 35.5. The molecule has 0 saturated heterocycles. The summed E-state index contributed by atoms with van der Waals surface area (Å²) in [6, 6.07) is 1.82. The van der Waals surface area contributed by atoms with Crippen molar-refractivity contribution in [3.63, 3.8) is 0 Å². The van der Waals surface area contributed by atoms with Crippen molar-refractivity contribution in [1.29, 1.82) is 0 Å². The van der Waals surface area contributed by atoms with E-state index in [9.17, 15) is 0 Å². The molecule has 0 aliphatic heterocycles. The van der Waals surface area contributed by atoms with Crippen molar-refractivity contribution in [3.05, 3.63) is 29.4 Å². The Bertz CT molecular complexity index is 614. The molecule has 2 aromatic heterocycles. The molecule has 2 heterocycles. The van der Waals surface area contributed by atoms with Crippen molar-refractivity contribution < 1.29 is 0 Å². The Balaban J connectivity index is 1.85. The Morgan fingerprint density at radius 1 is 1.24 bits per heavy atom. The minimum absolute atomic E-state index is 0.446. The quantitative estimate of drug-likeness (QED) is 0.798. The Labute approximate surface area is 130 Å². The Hall–Kier alpha value is -1.42. The van der Waals surface area contributed by atoms with Crippen LogP contribution in [0.5, 0.6) is 0 Å². The van der Waals surface area contributed by atoms with E-state index in [1.807, 2.05) is 25.5 Å². The van der Waals surface area contributed by atoms with Crippen molar-refractivity contribution in [1.82, 2.24) is 19.7 Å². The first-order valence-electron chi connectivity index (χ1n) is 7.69. The summed E-state index contributed by atoms with van der Waals surface area (Å²) in [7, 11) is 1.90. The van der Waals surface area contributed by atoms with Gasteiger partial charge in [0.25, 0.3) is 0 Å². The number of hydrogen-bond acceptors (Lipinski definition) is 3. The summed E-state index contributed by atoms with van der Waals surface area (Å²) in [4.78, 5) is 9.21. The van der Waals surface area contributed by atoms with Gasteiger partial charge in [0.1, 0.15) is 11.0 Å². The molecule has 0 amide bonds. The third-order valence-corrected chi connectivity index (χ3v) is 4.70. The maximum atomic E-state index is 6.20. The number of hydrogen-bond donors (Lipinski definition) is 0. The summed E-state index contributed by atoms with van der Waals surface area (Å²) in [5, 5.41) is 4.72. The van der Waals surface area contributed by atoms with Crippen LogP contribution in [0.2, 0.25) is 5.15 Å². The lowest BCUT2D eigenvalue weighted by molar-refractivity contribution is 0.312. The minimum atomic E-state index is 0.446. The Morgan fingerprint density at radius 3 is 2.62 bits per heavy atom. The second kappa shape index (κ2) is 6.14. The standard InChI is InChI=1S/C16H21ClN4/c1-3-11-4-6-12(7-5-11)16-19-14(8-15(17)20-16)13-9-18-21(2)10-13/h8-12H,3-7H2,1-2H3. The van der Waals surface area contributed by atoms with E-state index in [-0.39, 0.29) is 0 Å². The highest BCUT2D eigenvalue weighted by Gasteiger charge is 2.24. The van der Waals surface area contributed by atoms with Crippen LogP contribution >= 0.6 is 11.6 Å². The van der Waals surface area contributed by atoms with Crippen LogP contribution in [0.1, 0.15) is 50.8 Å². The van der Waals surface area contributed by atoms with E-state index in [0.717, 1.165) is 23.0 Å². The first kappa shape index (κ1) is 14.5. The lowest BCUT2D eigenvalue weighted by Gasteiger charge is -2.26. The lowest BCUT2D eigenvalue weighted by atomic mass is 9.80. The van der Waals surface area contributed by atoms with Gasteiger partial charge in [0.2, 0.25) is 0 Å². The topological polar surface area (TPSA) is 43.6 Å². The van der Waals surface area contributed by atoms with Gasteiger partial charge in [-0.3, -0.25) is 4.68 Å². The van der Waals surface area contributed by atoms with Crippen LogP contribution in [0.4, 0.5) is 0 Å². The molecule has 1 aliphatic carbocycles. The Morgan fingerprint density at radius 2 is 2.00 bits per heavy atom. The van der Waals surface area contributed by atoms with Crippen molar-refractivity contribution in [3.8, 4) is 11.3 Å². The fourth-order valence-electron chi connectivity index (χ4n) is 3.15. The summed E-state index contributed by atoms with van der Waals surface area (Å²) < 4.78 is 1.78. The molecule has 5 heteroatoms. The van der Waals surface area contributed by atoms with Gasteiger partial charge in [0, 0.05) is 30.8 Å². The van der Waals surface area contributed by atoms with Crippen molar-refractivity contribution in [2.45, 2.75) is 44.9 Å². The molecule has 0 unspecified atom stereocenters. The monoisotopic (exact) mass is 304 g/mol. The van der Waals surface area contributed by atoms with E-state index in [1.165, 1.54) is 32.1 Å². The van der Waals surface area contributed by atoms with Crippen LogP contribution < -0.4 is 0 Å². The maximum absolute atomic E-state index is 6.20. The minimum Gasteiger partial charge on any atom is -0.275 e. The largest absolute Gasteiger partial charge is 0.275 e. The van der Waals surface area contributed by atoms with Gasteiger partial charge in [-0.05, 0) is 31.6 Å². The smallest absolute Gasteiger partial charge is 0.133 e. The highest BCUT2D eigenvalue weighted by molar-refractivity contribution is 6.29. The second-order valence-electron chi connectivity index (χ2n) is 5.96. The first-order chi connectivity index (χ1) is 10.2. The van der Waals surface area contributed by atoms with Gasteiger partial charge in [0.05, 0.1) is 11.9 Å². The van der Waals surface area contributed by atoms with Crippen LogP contribution in [0.15, 0.2) is 18.5 Å². The second-order valence-corrected chi connectivity index (χ2v) is 6.35. The van der Waals surface area contributed by atoms with Gasteiger partial charge in [-0.1, -0.05) is 24.9 Å². The molecule has 2 aromatic rings. The molecule has 21 heavy (non-hydrogen) atoms. The number of halogens is 1. The van der Waals surface area contributed by atoms with E-state index in [2.05, 4.69) is 17.0 Å². The molecule has 0 N–H and O–H groups in total. The number of rotatable bonds is 3. The zero-order chi connectivity index (χ0) is 14.8. The zero-order valence-corrected chi connectivity index (χ0v) is 13.3. The van der Waals surface area contributed by atoms with E-state index >= 15 is 0 Å². The van der Waals surface area contributed by atoms with Gasteiger partial charge < -0.3 is 0 Å². The predicted molar refractivity (Wildman–Crippen MR) is 84.2 cm³/mol. The van der Waals surface area contributed by atoms with Crippen LogP contribution in [-0.4, -0.2) is 19.7 Å². The molecule has 0 atom stereocenters. The molecule has 0 bridgehead atoms. The Kier molecular flexibility index (Phi) is 4.24. The molecule has 1 saturated carbocycles. The predicted octanol–water partition coefficient (Wildman–Crippen LogP) is 4.21. The summed E-state index contributed by atoms with van der Waals surface area (Å²) in [6.07, 6.45) is 9.95. The lowest BCUT2D eigenvalue weighted by Crippen LogP contribution is -2.15. The van der Waals surface area contributed by atoms with Crippen LogP contribution in [-0.2, 0) is 7.05 Å². The normalized spacial score (nSPS) is 22.4. The fraction of sp³-hybridized carbons (Fsp3) is 0.562. The zero-order valence-electron chi connectivity index (χ0n) is 12.6. The average Bonchev–Trinajstić information content (AvgIpc) is 2.93. The molecule has 1 fully saturated rings. The van der Waals surface area contributed by atoms with Gasteiger partial charge in [-0.2, -0.15) is 5.10 Å². The fourth-order valence-corrected chi connectivity index (χ4v) is 3.34. The first-order valence-corrected chi connectivity index (χ1v) is 8.07. The molecule has 3 rings (SSSR count). The third kappa shape index (κ3) is 3.26. The van der Waals surface area contributed by atoms with E-state index in [4.69, 9.17) is 16.6 Å². The van der Waals surface area contributed by atoms with E-state index in [0.29, 0.717) is 11.1 Å². The molecular formula is C16H21ClN4. The number of aromatic nitrogens is 4. The van der Waals surface area contributed by atoms with Crippen LogP contribution in [0.25, 0.3) is 11.3 Å². The molecule has 112 valence electrons. The SMILES string of the molecule is CCC1CCC(c2nc(Cl)cc(-c3cnn(C)c3)n2)CC1. The van der Waals surface area contributed by atoms with Gasteiger partial charge in [0.15, 0.2) is 0 Å². The van der Waals surface area contributed by atoms with Crippen molar-refractivity contribution in [2.75, 3.05) is 0 Å². The van der Waals surface area contributed by atoms with E-state index in [1.54, 1.807) is 4.68 Å².